The number of hydrogen-bond acceptors (Lipinski definition) is 2. The van der Waals surface area contributed by atoms with E-state index in [-0.39, 0.29) is 11.8 Å². The maximum absolute atomic E-state index is 11.3. The molecule has 0 unspecified atom stereocenters. The summed E-state index contributed by atoms with van der Waals surface area (Å²) in [6, 6.07) is 5.71. The molecule has 0 bridgehead atoms. The number of carbonyl (C=O) groups excluding carboxylic acids is 1. The van der Waals surface area contributed by atoms with E-state index in [9.17, 15) is 4.79 Å². The van der Waals surface area contributed by atoms with Gasteiger partial charge in [0.25, 0.3) is 0 Å². The van der Waals surface area contributed by atoms with Crippen LogP contribution in [0, 0.1) is 0 Å². The van der Waals surface area contributed by atoms with E-state index < -0.39 is 0 Å². The van der Waals surface area contributed by atoms with Crippen LogP contribution in [0.4, 0.5) is 0 Å². The number of piperidine rings is 1. The summed E-state index contributed by atoms with van der Waals surface area (Å²) in [6.07, 6.45) is 1.52. The molecule has 16 heavy (non-hydrogen) atoms. The van der Waals surface area contributed by atoms with Crippen LogP contribution in [0.3, 0.4) is 0 Å². The molecule has 4 heteroatoms. The van der Waals surface area contributed by atoms with Gasteiger partial charge in [-0.25, -0.2) is 0 Å². The molecular weight excluding hydrogens is 226 g/mol. The van der Waals surface area contributed by atoms with Gasteiger partial charge in [0, 0.05) is 13.0 Å². The minimum atomic E-state index is 0.116. The molecule has 1 heterocycles. The Morgan fingerprint density at radius 2 is 2.31 bits per heavy atom. The molecule has 1 aromatic rings. The number of methoxy groups -OCH3 is 1. The largest absolute Gasteiger partial charge is 0.495 e. The van der Waals surface area contributed by atoms with Gasteiger partial charge in [-0.1, -0.05) is 17.7 Å². The molecule has 0 aromatic heterocycles. The van der Waals surface area contributed by atoms with Crippen molar-refractivity contribution >= 4 is 17.5 Å². The van der Waals surface area contributed by atoms with Gasteiger partial charge in [-0.05, 0) is 30.0 Å². The highest BCUT2D eigenvalue weighted by Gasteiger charge is 2.21. The Hall–Kier alpha value is -1.22. The van der Waals surface area contributed by atoms with E-state index in [2.05, 4.69) is 5.32 Å². The van der Waals surface area contributed by atoms with E-state index in [1.54, 1.807) is 7.11 Å². The summed E-state index contributed by atoms with van der Waals surface area (Å²) in [5, 5.41) is 3.43. The first-order chi connectivity index (χ1) is 7.70. The van der Waals surface area contributed by atoms with Crippen LogP contribution in [0.25, 0.3) is 0 Å². The van der Waals surface area contributed by atoms with Crippen LogP contribution in [-0.2, 0) is 4.79 Å². The van der Waals surface area contributed by atoms with Crippen LogP contribution < -0.4 is 10.1 Å². The zero-order valence-electron chi connectivity index (χ0n) is 9.13. The summed E-state index contributed by atoms with van der Waals surface area (Å²) < 4.78 is 5.17. The first-order valence-corrected chi connectivity index (χ1v) is 5.68. The van der Waals surface area contributed by atoms with Crippen molar-refractivity contribution in [1.82, 2.24) is 5.32 Å². The zero-order valence-corrected chi connectivity index (χ0v) is 9.88. The highest BCUT2D eigenvalue weighted by Crippen LogP contribution is 2.32. The maximum Gasteiger partial charge on any atom is 0.220 e. The van der Waals surface area contributed by atoms with Crippen molar-refractivity contribution in [3.05, 3.63) is 28.8 Å². The van der Waals surface area contributed by atoms with Crippen molar-refractivity contribution in [2.75, 3.05) is 13.7 Å². The number of rotatable bonds is 2. The molecule has 1 atom stereocenters. The smallest absolute Gasteiger partial charge is 0.220 e. The third kappa shape index (κ3) is 2.30. The summed E-state index contributed by atoms with van der Waals surface area (Å²) in [4.78, 5) is 11.3. The lowest BCUT2D eigenvalue weighted by atomic mass is 9.90. The Kier molecular flexibility index (Phi) is 3.34. The van der Waals surface area contributed by atoms with Crippen molar-refractivity contribution < 1.29 is 9.53 Å². The van der Waals surface area contributed by atoms with E-state index in [4.69, 9.17) is 16.3 Å². The fraction of sp³-hybridized carbons (Fsp3) is 0.417. The van der Waals surface area contributed by atoms with Crippen molar-refractivity contribution in [3.63, 3.8) is 0 Å². The molecule has 0 spiro atoms. The monoisotopic (exact) mass is 239 g/mol. The first kappa shape index (κ1) is 11.3. The maximum atomic E-state index is 11.3. The normalized spacial score (nSPS) is 20.4. The van der Waals surface area contributed by atoms with Gasteiger partial charge < -0.3 is 10.1 Å². The molecule has 0 aliphatic carbocycles. The van der Waals surface area contributed by atoms with Crippen LogP contribution in [0.15, 0.2) is 18.2 Å². The summed E-state index contributed by atoms with van der Waals surface area (Å²) >= 11 is 5.96. The van der Waals surface area contributed by atoms with E-state index in [0.717, 1.165) is 18.5 Å². The molecule has 1 fully saturated rings. The van der Waals surface area contributed by atoms with Gasteiger partial charge in [0.2, 0.25) is 5.91 Å². The third-order valence-electron chi connectivity index (χ3n) is 2.89. The fourth-order valence-electron chi connectivity index (χ4n) is 2.00. The average molecular weight is 240 g/mol. The van der Waals surface area contributed by atoms with Crippen LogP contribution in [0.1, 0.15) is 24.3 Å². The summed E-state index contributed by atoms with van der Waals surface area (Å²) in [7, 11) is 1.60. The van der Waals surface area contributed by atoms with E-state index in [0.29, 0.717) is 17.2 Å². The van der Waals surface area contributed by atoms with E-state index >= 15 is 0 Å². The minimum absolute atomic E-state index is 0.116. The molecule has 0 saturated carbocycles. The molecular formula is C12H14ClNO2. The van der Waals surface area contributed by atoms with Crippen molar-refractivity contribution in [2.24, 2.45) is 0 Å². The van der Waals surface area contributed by atoms with E-state index in [1.165, 1.54) is 0 Å². The number of nitrogens with one attached hydrogen (secondary N) is 1. The quantitative estimate of drug-likeness (QED) is 0.860. The number of hydrogen-bond donors (Lipinski definition) is 1. The second kappa shape index (κ2) is 4.74. The molecule has 1 N–H and O–H groups in total. The molecule has 2 rings (SSSR count). The molecule has 1 aliphatic heterocycles. The van der Waals surface area contributed by atoms with Crippen LogP contribution in [0.5, 0.6) is 5.75 Å². The number of benzene rings is 1. The molecule has 1 saturated heterocycles. The van der Waals surface area contributed by atoms with Crippen molar-refractivity contribution in [2.45, 2.75) is 18.8 Å². The molecule has 0 radical (unpaired) electrons. The Morgan fingerprint density at radius 1 is 1.50 bits per heavy atom. The molecule has 1 amide bonds. The Bertz CT molecular complexity index is 406. The Morgan fingerprint density at radius 3 is 3.00 bits per heavy atom. The Balaban J connectivity index is 2.22. The van der Waals surface area contributed by atoms with Crippen LogP contribution in [0.2, 0.25) is 5.02 Å². The number of halogens is 1. The van der Waals surface area contributed by atoms with Gasteiger partial charge in [-0.15, -0.1) is 0 Å². The van der Waals surface area contributed by atoms with Crippen molar-refractivity contribution in [3.8, 4) is 5.75 Å². The van der Waals surface area contributed by atoms with Crippen molar-refractivity contribution in [1.29, 1.82) is 0 Å². The topological polar surface area (TPSA) is 38.3 Å². The first-order valence-electron chi connectivity index (χ1n) is 5.31. The standard InChI is InChI=1S/C12H14ClNO2/c1-16-11-6-8(2-3-10(11)13)9-4-5-14-12(15)7-9/h2-3,6,9H,4-5,7H2,1H3,(H,14,15)/t9-/m0/s1. The van der Waals surface area contributed by atoms with Crippen LogP contribution >= 0.6 is 11.6 Å². The SMILES string of the molecule is COc1cc([C@H]2CCNC(=O)C2)ccc1Cl. The number of carbonyl (C=O) groups is 1. The molecule has 1 aromatic carbocycles. The molecule has 3 nitrogen and oxygen atoms in total. The second-order valence-electron chi connectivity index (χ2n) is 3.93. The highest BCUT2D eigenvalue weighted by molar-refractivity contribution is 6.32. The van der Waals surface area contributed by atoms with Gasteiger partial charge >= 0.3 is 0 Å². The fourth-order valence-corrected chi connectivity index (χ4v) is 2.19. The molecule has 86 valence electrons. The minimum Gasteiger partial charge on any atom is -0.495 e. The van der Waals surface area contributed by atoms with Gasteiger partial charge in [0.1, 0.15) is 5.75 Å². The predicted octanol–water partition coefficient (Wildman–Crippen LogP) is 2.34. The summed E-state index contributed by atoms with van der Waals surface area (Å²) in [5.74, 6) is 1.07. The lowest BCUT2D eigenvalue weighted by Gasteiger charge is -2.22. The number of amides is 1. The van der Waals surface area contributed by atoms with E-state index in [1.807, 2.05) is 18.2 Å². The zero-order chi connectivity index (χ0) is 11.5. The Labute approximate surface area is 99.7 Å². The summed E-state index contributed by atoms with van der Waals surface area (Å²) in [6.45, 7) is 0.744. The van der Waals surface area contributed by atoms with Gasteiger partial charge in [0.05, 0.1) is 12.1 Å². The lowest BCUT2D eigenvalue weighted by Crippen LogP contribution is -2.32. The van der Waals surface area contributed by atoms with Crippen LogP contribution in [-0.4, -0.2) is 19.6 Å². The third-order valence-corrected chi connectivity index (χ3v) is 3.21. The second-order valence-corrected chi connectivity index (χ2v) is 4.34. The predicted molar refractivity (Wildman–Crippen MR) is 63.0 cm³/mol. The molecule has 1 aliphatic rings. The average Bonchev–Trinajstić information content (AvgIpc) is 2.29. The summed E-state index contributed by atoms with van der Waals surface area (Å²) in [5.41, 5.74) is 1.12. The highest BCUT2D eigenvalue weighted by atomic mass is 35.5. The van der Waals surface area contributed by atoms with Gasteiger partial charge in [-0.3, -0.25) is 4.79 Å². The van der Waals surface area contributed by atoms with Gasteiger partial charge in [-0.2, -0.15) is 0 Å². The number of ether oxygens (including phenoxy) is 1. The van der Waals surface area contributed by atoms with Gasteiger partial charge in [0.15, 0.2) is 0 Å². The lowest BCUT2D eigenvalue weighted by molar-refractivity contribution is -0.122.